The molecule has 0 radical (unpaired) electrons. The Labute approximate surface area is 151 Å². The summed E-state index contributed by atoms with van der Waals surface area (Å²) < 4.78 is 18.3. The van der Waals surface area contributed by atoms with Gasteiger partial charge in [0.15, 0.2) is 0 Å². The van der Waals surface area contributed by atoms with Crippen molar-refractivity contribution >= 4 is 29.8 Å². The smallest absolute Gasteiger partial charge is 0.407 e. The fraction of sp³-hybridized carbons (Fsp3) is 0.200. The second-order valence-corrected chi connectivity index (χ2v) is 5.97. The molecule has 1 saturated heterocycles. The highest BCUT2D eigenvalue weighted by Crippen LogP contribution is 2.24. The molecule has 3 rings (SSSR count). The first-order valence-electron chi connectivity index (χ1n) is 8.27. The van der Waals surface area contributed by atoms with E-state index in [4.69, 9.17) is 4.74 Å². The van der Waals surface area contributed by atoms with Crippen LogP contribution in [0.25, 0.3) is 12.2 Å². The SMILES string of the molecule is CNC(=O)OC1CC(=O)N(c2ccc(/C=C/c3cccc(F)c3)cc2)C1. The zero-order valence-corrected chi connectivity index (χ0v) is 14.3. The van der Waals surface area contributed by atoms with Crippen molar-refractivity contribution in [2.75, 3.05) is 18.5 Å². The van der Waals surface area contributed by atoms with Gasteiger partial charge in [-0.25, -0.2) is 9.18 Å². The summed E-state index contributed by atoms with van der Waals surface area (Å²) in [4.78, 5) is 25.0. The van der Waals surface area contributed by atoms with Crippen LogP contribution in [0.2, 0.25) is 0 Å². The molecular formula is C20H19FN2O3. The molecule has 1 heterocycles. The molecule has 1 aliphatic heterocycles. The van der Waals surface area contributed by atoms with Gasteiger partial charge in [-0.1, -0.05) is 36.4 Å². The minimum atomic E-state index is -0.539. The molecule has 0 aliphatic carbocycles. The van der Waals surface area contributed by atoms with Crippen LogP contribution in [0.1, 0.15) is 17.5 Å². The van der Waals surface area contributed by atoms with E-state index in [2.05, 4.69) is 5.32 Å². The lowest BCUT2D eigenvalue weighted by Gasteiger charge is -2.17. The lowest BCUT2D eigenvalue weighted by molar-refractivity contribution is -0.117. The molecule has 0 saturated carbocycles. The largest absolute Gasteiger partial charge is 0.444 e. The molecule has 1 atom stereocenters. The molecule has 1 aliphatic rings. The van der Waals surface area contributed by atoms with Gasteiger partial charge in [-0.05, 0) is 35.4 Å². The number of ether oxygens (including phenoxy) is 1. The number of amides is 2. The van der Waals surface area contributed by atoms with Gasteiger partial charge < -0.3 is 15.0 Å². The van der Waals surface area contributed by atoms with Crippen molar-refractivity contribution in [2.24, 2.45) is 0 Å². The van der Waals surface area contributed by atoms with Gasteiger partial charge >= 0.3 is 6.09 Å². The van der Waals surface area contributed by atoms with Gasteiger partial charge in [-0.3, -0.25) is 4.79 Å². The van der Waals surface area contributed by atoms with E-state index in [0.29, 0.717) is 6.54 Å². The van der Waals surface area contributed by atoms with Crippen molar-refractivity contribution in [3.05, 3.63) is 65.5 Å². The van der Waals surface area contributed by atoms with Crippen molar-refractivity contribution in [3.8, 4) is 0 Å². The normalized spacial score (nSPS) is 16.9. The summed E-state index contributed by atoms with van der Waals surface area (Å²) in [6.45, 7) is 0.338. The predicted molar refractivity (Wildman–Crippen MR) is 98.1 cm³/mol. The molecule has 1 fully saturated rings. The van der Waals surface area contributed by atoms with E-state index < -0.39 is 12.2 Å². The highest BCUT2D eigenvalue weighted by atomic mass is 19.1. The Hall–Kier alpha value is -3.15. The molecule has 134 valence electrons. The van der Waals surface area contributed by atoms with E-state index in [1.807, 2.05) is 42.5 Å². The average molecular weight is 354 g/mol. The van der Waals surface area contributed by atoms with Crippen LogP contribution in [0.15, 0.2) is 48.5 Å². The number of hydrogen-bond acceptors (Lipinski definition) is 3. The molecule has 2 aromatic carbocycles. The van der Waals surface area contributed by atoms with Gasteiger partial charge in [0.05, 0.1) is 13.0 Å². The summed E-state index contributed by atoms with van der Waals surface area (Å²) in [6, 6.07) is 13.8. The van der Waals surface area contributed by atoms with Crippen LogP contribution in [-0.2, 0) is 9.53 Å². The molecule has 1 N–H and O–H groups in total. The quantitative estimate of drug-likeness (QED) is 0.856. The number of carbonyl (C=O) groups excluding carboxylic acids is 2. The van der Waals surface area contributed by atoms with Gasteiger partial charge in [0.1, 0.15) is 11.9 Å². The fourth-order valence-electron chi connectivity index (χ4n) is 2.78. The lowest BCUT2D eigenvalue weighted by Crippen LogP contribution is -2.29. The molecule has 0 bridgehead atoms. The molecule has 26 heavy (non-hydrogen) atoms. The number of carbonyl (C=O) groups is 2. The molecule has 5 nitrogen and oxygen atoms in total. The summed E-state index contributed by atoms with van der Waals surface area (Å²) >= 11 is 0. The maximum Gasteiger partial charge on any atom is 0.407 e. The van der Waals surface area contributed by atoms with Gasteiger partial charge in [0.25, 0.3) is 0 Å². The third-order valence-corrected chi connectivity index (χ3v) is 4.09. The molecule has 2 amide bonds. The highest BCUT2D eigenvalue weighted by molar-refractivity contribution is 5.96. The van der Waals surface area contributed by atoms with E-state index in [1.165, 1.54) is 19.2 Å². The van der Waals surface area contributed by atoms with E-state index >= 15 is 0 Å². The maximum absolute atomic E-state index is 13.2. The Morgan fingerprint density at radius 2 is 1.92 bits per heavy atom. The van der Waals surface area contributed by atoms with E-state index in [9.17, 15) is 14.0 Å². The Kier molecular flexibility index (Phi) is 5.31. The first-order chi connectivity index (χ1) is 12.5. The third kappa shape index (κ3) is 4.27. The first kappa shape index (κ1) is 17.7. The molecule has 0 spiro atoms. The lowest BCUT2D eigenvalue weighted by atomic mass is 10.1. The van der Waals surface area contributed by atoms with Crippen molar-refractivity contribution in [2.45, 2.75) is 12.5 Å². The third-order valence-electron chi connectivity index (χ3n) is 4.09. The molecule has 6 heteroatoms. The summed E-state index contributed by atoms with van der Waals surface area (Å²) in [7, 11) is 1.48. The molecular weight excluding hydrogens is 335 g/mol. The van der Waals surface area contributed by atoms with E-state index in [0.717, 1.165) is 16.8 Å². The fourth-order valence-corrected chi connectivity index (χ4v) is 2.78. The van der Waals surface area contributed by atoms with Crippen LogP contribution in [0.5, 0.6) is 0 Å². The number of benzene rings is 2. The summed E-state index contributed by atoms with van der Waals surface area (Å²) in [5.41, 5.74) is 2.46. The Morgan fingerprint density at radius 3 is 2.62 bits per heavy atom. The van der Waals surface area contributed by atoms with Crippen LogP contribution in [0.4, 0.5) is 14.9 Å². The summed E-state index contributed by atoms with van der Waals surface area (Å²) in [6.07, 6.45) is 2.89. The van der Waals surface area contributed by atoms with E-state index in [-0.39, 0.29) is 18.1 Å². The second-order valence-electron chi connectivity index (χ2n) is 5.97. The van der Waals surface area contributed by atoms with Crippen LogP contribution >= 0.6 is 0 Å². The Morgan fingerprint density at radius 1 is 1.19 bits per heavy atom. The number of anilines is 1. The van der Waals surface area contributed by atoms with Crippen molar-refractivity contribution < 1.29 is 18.7 Å². The molecule has 2 aromatic rings. The number of alkyl carbamates (subject to hydrolysis) is 1. The van der Waals surface area contributed by atoms with E-state index in [1.54, 1.807) is 11.0 Å². The van der Waals surface area contributed by atoms with Gasteiger partial charge in [-0.15, -0.1) is 0 Å². The van der Waals surface area contributed by atoms with Crippen LogP contribution < -0.4 is 10.2 Å². The van der Waals surface area contributed by atoms with Crippen LogP contribution in [0.3, 0.4) is 0 Å². The number of halogens is 1. The van der Waals surface area contributed by atoms with Gasteiger partial charge in [-0.2, -0.15) is 0 Å². The van der Waals surface area contributed by atoms with Gasteiger partial charge in [0.2, 0.25) is 5.91 Å². The van der Waals surface area contributed by atoms with Gasteiger partial charge in [0, 0.05) is 12.7 Å². The topological polar surface area (TPSA) is 58.6 Å². The number of nitrogens with zero attached hydrogens (tertiary/aromatic N) is 1. The predicted octanol–water partition coefficient (Wildman–Crippen LogP) is 3.46. The van der Waals surface area contributed by atoms with Crippen molar-refractivity contribution in [3.63, 3.8) is 0 Å². The van der Waals surface area contributed by atoms with Crippen molar-refractivity contribution in [1.82, 2.24) is 5.32 Å². The Bertz CT molecular complexity index is 833. The standard InChI is InChI=1S/C20H19FN2O3/c1-22-20(25)26-18-12-19(24)23(13-18)17-9-7-14(8-10-17)5-6-15-3-2-4-16(21)11-15/h2-11,18H,12-13H2,1H3,(H,22,25)/b6-5+. The summed E-state index contributed by atoms with van der Waals surface area (Å²) in [5.74, 6) is -0.356. The number of rotatable bonds is 4. The zero-order chi connectivity index (χ0) is 18.5. The number of hydrogen-bond donors (Lipinski definition) is 1. The minimum absolute atomic E-state index is 0.0815. The molecule has 0 aromatic heterocycles. The first-order valence-corrected chi connectivity index (χ1v) is 8.27. The minimum Gasteiger partial charge on any atom is -0.444 e. The Balaban J connectivity index is 1.66. The monoisotopic (exact) mass is 354 g/mol. The maximum atomic E-state index is 13.2. The summed E-state index contributed by atoms with van der Waals surface area (Å²) in [5, 5.41) is 2.38. The average Bonchev–Trinajstić information content (AvgIpc) is 3.00. The van der Waals surface area contributed by atoms with Crippen molar-refractivity contribution in [1.29, 1.82) is 0 Å². The zero-order valence-electron chi connectivity index (χ0n) is 14.3. The van der Waals surface area contributed by atoms with Crippen LogP contribution in [-0.4, -0.2) is 31.7 Å². The molecule has 1 unspecified atom stereocenters. The second kappa shape index (κ2) is 7.82. The number of nitrogens with one attached hydrogen (secondary N) is 1. The highest BCUT2D eigenvalue weighted by Gasteiger charge is 2.32. The van der Waals surface area contributed by atoms with Crippen LogP contribution in [0, 0.1) is 5.82 Å².